The monoisotopic (exact) mass is 464 g/mol. The molecule has 0 radical (unpaired) electrons. The molecule has 0 spiro atoms. The first kappa shape index (κ1) is 18.7. The summed E-state index contributed by atoms with van der Waals surface area (Å²) in [6, 6.07) is 0. The van der Waals surface area contributed by atoms with E-state index in [0.29, 0.717) is 49.2 Å². The van der Waals surface area contributed by atoms with Gasteiger partial charge in [-0.1, -0.05) is 60.2 Å². The minimum absolute atomic E-state index is 0.0170. The fourth-order valence-corrected chi connectivity index (χ4v) is 8.58. The van der Waals surface area contributed by atoms with E-state index in [1.54, 1.807) is 7.05 Å². The summed E-state index contributed by atoms with van der Waals surface area (Å²) < 4.78 is 2.61. The van der Waals surface area contributed by atoms with Crippen molar-refractivity contribution >= 4 is 68.7 Å². The standard InChI is InChI=1S/C17H12N4O4S4/c1-4-6(14(24)19-18-4)16-26-10-8(22)12-13(9(23)11(10)27-16)29-17(28-12)7-5(2)20-21(3)15(7)25/h18,20,22-23H,1-2H2,3H3,(H,19,24). The molecule has 5 rings (SSSR count). The lowest BCUT2D eigenvalue weighted by atomic mass is 10.3. The summed E-state index contributed by atoms with van der Waals surface area (Å²) in [6.45, 7) is 7.68. The number of aromatic amines is 3. The molecule has 2 aliphatic heterocycles. The molecule has 0 amide bonds. The first-order chi connectivity index (χ1) is 13.8. The van der Waals surface area contributed by atoms with E-state index in [4.69, 9.17) is 0 Å². The molecular weight excluding hydrogens is 452 g/mol. The van der Waals surface area contributed by atoms with Crippen molar-refractivity contribution in [2.24, 2.45) is 7.05 Å². The number of benzene rings is 1. The number of aryl methyl sites for hydroxylation is 1. The molecule has 0 saturated heterocycles. The van der Waals surface area contributed by atoms with Gasteiger partial charge in [0.15, 0.2) is 0 Å². The summed E-state index contributed by atoms with van der Waals surface area (Å²) in [5.41, 5.74) is -0.534. The zero-order chi connectivity index (χ0) is 20.6. The van der Waals surface area contributed by atoms with Crippen molar-refractivity contribution in [1.82, 2.24) is 20.0 Å². The molecule has 148 valence electrons. The van der Waals surface area contributed by atoms with E-state index < -0.39 is 0 Å². The van der Waals surface area contributed by atoms with Crippen LogP contribution in [0.4, 0.5) is 0 Å². The van der Waals surface area contributed by atoms with Crippen molar-refractivity contribution in [1.29, 1.82) is 0 Å². The number of nitrogens with zero attached hydrogens (tertiary/aromatic N) is 1. The molecule has 2 aromatic heterocycles. The number of H-pyrrole nitrogens is 3. The van der Waals surface area contributed by atoms with Gasteiger partial charge in [0.2, 0.25) is 0 Å². The third-order valence-corrected chi connectivity index (χ3v) is 9.66. The topological polar surface area (TPSA) is 127 Å². The van der Waals surface area contributed by atoms with Crippen LogP contribution in [-0.4, -0.2) is 30.2 Å². The van der Waals surface area contributed by atoms with Crippen molar-refractivity contribution in [3.63, 3.8) is 0 Å². The van der Waals surface area contributed by atoms with Crippen molar-refractivity contribution < 1.29 is 10.2 Å². The Bertz CT molecular complexity index is 1500. The van der Waals surface area contributed by atoms with Crippen LogP contribution < -0.4 is 32.3 Å². The van der Waals surface area contributed by atoms with Crippen LogP contribution in [0.25, 0.3) is 21.6 Å². The van der Waals surface area contributed by atoms with Gasteiger partial charge in [0.1, 0.15) is 11.5 Å². The molecule has 0 aliphatic carbocycles. The Labute approximate surface area is 178 Å². The Morgan fingerprint density at radius 3 is 1.66 bits per heavy atom. The molecule has 12 heteroatoms. The average Bonchev–Trinajstić information content (AvgIpc) is 3.41. The van der Waals surface area contributed by atoms with Crippen LogP contribution >= 0.6 is 47.0 Å². The van der Waals surface area contributed by atoms with Crippen LogP contribution in [0.5, 0.6) is 11.5 Å². The molecule has 5 N–H and O–H groups in total. The highest BCUT2D eigenvalue weighted by atomic mass is 32.2. The van der Waals surface area contributed by atoms with Gasteiger partial charge in [0.25, 0.3) is 11.1 Å². The maximum atomic E-state index is 12.4. The molecule has 0 saturated carbocycles. The summed E-state index contributed by atoms with van der Waals surface area (Å²) in [5, 5.41) is 31.5. The summed E-state index contributed by atoms with van der Waals surface area (Å²) in [7, 11) is 1.60. The van der Waals surface area contributed by atoms with Crippen molar-refractivity contribution in [3.05, 3.63) is 41.8 Å². The van der Waals surface area contributed by atoms with E-state index in [9.17, 15) is 19.8 Å². The lowest BCUT2D eigenvalue weighted by Crippen LogP contribution is -2.34. The minimum Gasteiger partial charge on any atom is -0.505 e. The van der Waals surface area contributed by atoms with E-state index >= 15 is 0 Å². The average molecular weight is 465 g/mol. The van der Waals surface area contributed by atoms with E-state index in [-0.39, 0.29) is 22.6 Å². The number of aromatic nitrogens is 4. The second kappa shape index (κ2) is 6.36. The second-order valence-electron chi connectivity index (χ2n) is 6.26. The first-order valence-corrected chi connectivity index (χ1v) is 11.4. The summed E-state index contributed by atoms with van der Waals surface area (Å²) >= 11 is 4.86. The molecule has 1 aromatic carbocycles. The highest BCUT2D eigenvalue weighted by Gasteiger charge is 2.36. The van der Waals surface area contributed by atoms with E-state index in [1.165, 1.54) is 51.7 Å². The Morgan fingerprint density at radius 1 is 0.793 bits per heavy atom. The molecule has 8 nitrogen and oxygen atoms in total. The van der Waals surface area contributed by atoms with Crippen molar-refractivity contribution in [2.75, 3.05) is 0 Å². The Balaban J connectivity index is 1.72. The summed E-state index contributed by atoms with van der Waals surface area (Å²) in [4.78, 5) is 26.4. The third kappa shape index (κ3) is 2.59. The van der Waals surface area contributed by atoms with Crippen LogP contribution in [0.3, 0.4) is 0 Å². The summed E-state index contributed by atoms with van der Waals surface area (Å²) in [5.74, 6) is 0.0340. The van der Waals surface area contributed by atoms with Gasteiger partial charge in [-0.15, -0.1) is 0 Å². The number of phenolic OH excluding ortho intramolecular Hbond substituents is 2. The first-order valence-electron chi connectivity index (χ1n) is 8.09. The highest BCUT2D eigenvalue weighted by molar-refractivity contribution is 8.33. The van der Waals surface area contributed by atoms with Gasteiger partial charge in [-0.2, -0.15) is 0 Å². The molecule has 3 aromatic rings. The van der Waals surface area contributed by atoms with Crippen LogP contribution in [0.15, 0.2) is 29.2 Å². The molecular formula is C17H12N4O4S4. The van der Waals surface area contributed by atoms with E-state index in [0.717, 1.165) is 0 Å². The molecule has 0 atom stereocenters. The number of thioether (sulfide) groups is 4. The second-order valence-corrected chi connectivity index (χ2v) is 10.9. The lowest BCUT2D eigenvalue weighted by molar-refractivity contribution is 0.411. The molecule has 0 bridgehead atoms. The zero-order valence-electron chi connectivity index (χ0n) is 14.7. The summed E-state index contributed by atoms with van der Waals surface area (Å²) in [6.07, 6.45) is 0. The van der Waals surface area contributed by atoms with Gasteiger partial charge in [-0.3, -0.25) is 29.6 Å². The van der Waals surface area contributed by atoms with Gasteiger partial charge in [0.05, 0.1) is 49.2 Å². The van der Waals surface area contributed by atoms with Crippen molar-refractivity contribution in [3.8, 4) is 11.5 Å². The number of hydrogen-bond donors (Lipinski definition) is 5. The molecule has 0 fully saturated rings. The number of rotatable bonds is 0. The van der Waals surface area contributed by atoms with Crippen LogP contribution in [0.2, 0.25) is 0 Å². The van der Waals surface area contributed by atoms with Gasteiger partial charge < -0.3 is 10.2 Å². The van der Waals surface area contributed by atoms with Gasteiger partial charge in [-0.05, 0) is 0 Å². The fourth-order valence-electron chi connectivity index (χ4n) is 3.06. The number of hydrogen-bond acceptors (Lipinski definition) is 8. The maximum absolute atomic E-state index is 12.4. The quantitative estimate of drug-likeness (QED) is 0.292. The number of nitrogens with one attached hydrogen (secondary N) is 3. The molecule has 0 unspecified atom stereocenters. The van der Waals surface area contributed by atoms with Gasteiger partial charge in [-0.25, -0.2) is 0 Å². The van der Waals surface area contributed by atoms with Crippen LogP contribution in [0.1, 0.15) is 0 Å². The predicted octanol–water partition coefficient (Wildman–Crippen LogP) is -0.111. The Hall–Kier alpha value is -2.28. The minimum atomic E-state index is -0.310. The fraction of sp³-hybridized carbons (Fsp3) is 0.0588. The SMILES string of the molecule is C=c1[nH][nH]c(=O)c1=C1Sc2c(O)c3c(c(O)c2S1)SC(=c1c(=C)[nH]n(C)c1=O)S3. The van der Waals surface area contributed by atoms with Crippen LogP contribution in [0, 0.1) is 0 Å². The van der Waals surface area contributed by atoms with Gasteiger partial charge in [0, 0.05) is 7.05 Å². The molecule has 4 heterocycles. The predicted molar refractivity (Wildman–Crippen MR) is 117 cm³/mol. The van der Waals surface area contributed by atoms with E-state index in [1.807, 2.05) is 0 Å². The Kier molecular flexibility index (Phi) is 4.11. The molecule has 29 heavy (non-hydrogen) atoms. The normalized spacial score (nSPS) is 15.2. The largest absolute Gasteiger partial charge is 0.505 e. The Morgan fingerprint density at radius 2 is 1.28 bits per heavy atom. The smallest absolute Gasteiger partial charge is 0.275 e. The third-order valence-electron chi connectivity index (χ3n) is 4.44. The lowest BCUT2D eigenvalue weighted by Gasteiger charge is -2.08. The highest BCUT2D eigenvalue weighted by Crippen LogP contribution is 2.67. The molecule has 2 aliphatic rings. The number of aromatic hydroxyl groups is 2. The van der Waals surface area contributed by atoms with E-state index in [2.05, 4.69) is 28.5 Å². The number of phenols is 2. The van der Waals surface area contributed by atoms with Gasteiger partial charge >= 0.3 is 0 Å². The van der Waals surface area contributed by atoms with Crippen LogP contribution in [-0.2, 0) is 7.05 Å². The van der Waals surface area contributed by atoms with Crippen molar-refractivity contribution in [2.45, 2.75) is 19.6 Å². The number of fused-ring (bicyclic) bond motifs is 2. The zero-order valence-corrected chi connectivity index (χ0v) is 18.0. The maximum Gasteiger partial charge on any atom is 0.275 e.